The van der Waals surface area contributed by atoms with Crippen LogP contribution in [0.4, 0.5) is 5.82 Å². The molecule has 4 heteroatoms. The average Bonchev–Trinajstić information content (AvgIpc) is 2.47. The lowest BCUT2D eigenvalue weighted by atomic mass is 9.95. The van der Waals surface area contributed by atoms with E-state index in [4.69, 9.17) is 0 Å². The summed E-state index contributed by atoms with van der Waals surface area (Å²) in [6, 6.07) is 12.0. The van der Waals surface area contributed by atoms with E-state index in [1.54, 1.807) is 6.20 Å². The van der Waals surface area contributed by atoms with Gasteiger partial charge in [0, 0.05) is 31.2 Å². The third-order valence-electron chi connectivity index (χ3n) is 3.09. The Morgan fingerprint density at radius 3 is 2.60 bits per heavy atom. The molecule has 0 atom stereocenters. The molecule has 2 aromatic rings. The van der Waals surface area contributed by atoms with Crippen LogP contribution < -0.4 is 5.32 Å². The zero-order chi connectivity index (χ0) is 14.4. The molecule has 0 amide bonds. The van der Waals surface area contributed by atoms with Gasteiger partial charge in [0.1, 0.15) is 11.6 Å². The molecular formula is C16H21N3O. The highest BCUT2D eigenvalue weighted by molar-refractivity contribution is 5.34. The maximum absolute atomic E-state index is 9.25. The minimum atomic E-state index is -0.162. The van der Waals surface area contributed by atoms with Crippen LogP contribution in [0.2, 0.25) is 0 Å². The zero-order valence-electron chi connectivity index (χ0n) is 12.0. The molecule has 0 spiro atoms. The molecule has 0 unspecified atom stereocenters. The molecule has 0 aliphatic heterocycles. The van der Waals surface area contributed by atoms with E-state index in [1.807, 2.05) is 38.1 Å². The van der Waals surface area contributed by atoms with Crippen LogP contribution in [-0.4, -0.2) is 28.2 Å². The fourth-order valence-corrected chi connectivity index (χ4v) is 1.75. The summed E-state index contributed by atoms with van der Waals surface area (Å²) in [5.41, 5.74) is 1.03. The van der Waals surface area contributed by atoms with Gasteiger partial charge in [-0.1, -0.05) is 44.2 Å². The lowest BCUT2D eigenvalue weighted by Gasteiger charge is -2.22. The van der Waals surface area contributed by atoms with E-state index in [2.05, 4.69) is 27.4 Å². The van der Waals surface area contributed by atoms with Gasteiger partial charge in [-0.05, 0) is 11.6 Å². The van der Waals surface area contributed by atoms with E-state index in [0.717, 1.165) is 18.1 Å². The molecule has 20 heavy (non-hydrogen) atoms. The van der Waals surface area contributed by atoms with E-state index < -0.39 is 0 Å². The highest BCUT2D eigenvalue weighted by atomic mass is 16.3. The van der Waals surface area contributed by atoms with Crippen LogP contribution in [-0.2, 0) is 6.42 Å². The molecule has 1 aromatic carbocycles. The van der Waals surface area contributed by atoms with Gasteiger partial charge in [-0.3, -0.25) is 0 Å². The van der Waals surface area contributed by atoms with Crippen LogP contribution in [0.1, 0.15) is 25.2 Å². The van der Waals surface area contributed by atoms with Crippen molar-refractivity contribution in [1.82, 2.24) is 9.97 Å². The molecule has 1 aromatic heterocycles. The molecule has 0 saturated carbocycles. The van der Waals surface area contributed by atoms with Crippen molar-refractivity contribution in [3.8, 4) is 0 Å². The van der Waals surface area contributed by atoms with Crippen molar-refractivity contribution in [2.45, 2.75) is 20.3 Å². The van der Waals surface area contributed by atoms with Crippen molar-refractivity contribution in [3.63, 3.8) is 0 Å². The molecule has 0 aliphatic rings. The third-order valence-corrected chi connectivity index (χ3v) is 3.09. The summed E-state index contributed by atoms with van der Waals surface area (Å²) >= 11 is 0. The number of hydrogen-bond acceptors (Lipinski definition) is 4. The summed E-state index contributed by atoms with van der Waals surface area (Å²) in [5, 5.41) is 12.5. The smallest absolute Gasteiger partial charge is 0.135 e. The number of rotatable bonds is 6. The molecular weight excluding hydrogens is 250 g/mol. The molecule has 1 heterocycles. The van der Waals surface area contributed by atoms with E-state index in [9.17, 15) is 5.11 Å². The van der Waals surface area contributed by atoms with Crippen molar-refractivity contribution in [3.05, 3.63) is 54.0 Å². The fraction of sp³-hybridized carbons (Fsp3) is 0.375. The predicted molar refractivity (Wildman–Crippen MR) is 80.6 cm³/mol. The van der Waals surface area contributed by atoms with Gasteiger partial charge >= 0.3 is 0 Å². The molecule has 2 N–H and O–H groups in total. The van der Waals surface area contributed by atoms with Crippen LogP contribution in [0.3, 0.4) is 0 Å². The van der Waals surface area contributed by atoms with Gasteiger partial charge in [-0.15, -0.1) is 0 Å². The quantitative estimate of drug-likeness (QED) is 0.847. The second-order valence-electron chi connectivity index (χ2n) is 5.70. The first-order valence-corrected chi connectivity index (χ1v) is 6.80. The van der Waals surface area contributed by atoms with Gasteiger partial charge < -0.3 is 10.4 Å². The van der Waals surface area contributed by atoms with Crippen LogP contribution in [0.15, 0.2) is 42.6 Å². The molecule has 106 valence electrons. The van der Waals surface area contributed by atoms with E-state index in [1.165, 1.54) is 5.56 Å². The summed E-state index contributed by atoms with van der Waals surface area (Å²) in [7, 11) is 0. The highest BCUT2D eigenvalue weighted by Crippen LogP contribution is 2.15. The highest BCUT2D eigenvalue weighted by Gasteiger charge is 2.16. The molecule has 0 saturated heterocycles. The van der Waals surface area contributed by atoms with E-state index in [0.29, 0.717) is 6.54 Å². The SMILES string of the molecule is CC(C)(CO)CNc1ccnc(Cc2ccccc2)n1. The Bertz CT molecular complexity index is 540. The second-order valence-corrected chi connectivity index (χ2v) is 5.70. The van der Waals surface area contributed by atoms with Gasteiger partial charge in [0.15, 0.2) is 0 Å². The molecule has 0 fully saturated rings. The van der Waals surface area contributed by atoms with Crippen LogP contribution in [0.5, 0.6) is 0 Å². The lowest BCUT2D eigenvalue weighted by Crippen LogP contribution is -2.27. The standard InChI is InChI=1S/C16H21N3O/c1-16(2,12-20)11-18-14-8-9-17-15(19-14)10-13-6-4-3-5-7-13/h3-9,20H,10-12H2,1-2H3,(H,17,18,19). The minimum Gasteiger partial charge on any atom is -0.396 e. The zero-order valence-corrected chi connectivity index (χ0v) is 12.0. The number of anilines is 1. The van der Waals surface area contributed by atoms with Crippen LogP contribution >= 0.6 is 0 Å². The van der Waals surface area contributed by atoms with Gasteiger partial charge in [0.25, 0.3) is 0 Å². The van der Waals surface area contributed by atoms with E-state index >= 15 is 0 Å². The summed E-state index contributed by atoms with van der Waals surface area (Å²) < 4.78 is 0. The predicted octanol–water partition coefficient (Wildman–Crippen LogP) is 2.50. The number of nitrogens with zero attached hydrogens (tertiary/aromatic N) is 2. The lowest BCUT2D eigenvalue weighted by molar-refractivity contribution is 0.170. The number of aliphatic hydroxyl groups excluding tert-OH is 1. The summed E-state index contributed by atoms with van der Waals surface area (Å²) in [6.45, 7) is 4.82. The number of aromatic nitrogens is 2. The molecule has 4 nitrogen and oxygen atoms in total. The van der Waals surface area contributed by atoms with Crippen molar-refractivity contribution >= 4 is 5.82 Å². The summed E-state index contributed by atoms with van der Waals surface area (Å²) in [4.78, 5) is 8.80. The topological polar surface area (TPSA) is 58.0 Å². The van der Waals surface area contributed by atoms with Crippen LogP contribution in [0, 0.1) is 5.41 Å². The van der Waals surface area contributed by atoms with Crippen molar-refractivity contribution in [2.24, 2.45) is 5.41 Å². The summed E-state index contributed by atoms with van der Waals surface area (Å²) in [6.07, 6.45) is 2.49. The maximum atomic E-state index is 9.25. The first-order chi connectivity index (χ1) is 9.59. The molecule has 0 aliphatic carbocycles. The Morgan fingerprint density at radius 2 is 1.90 bits per heavy atom. The van der Waals surface area contributed by atoms with Gasteiger partial charge in [-0.2, -0.15) is 0 Å². The Labute approximate surface area is 119 Å². The van der Waals surface area contributed by atoms with Gasteiger partial charge in [0.2, 0.25) is 0 Å². The fourth-order valence-electron chi connectivity index (χ4n) is 1.75. The average molecular weight is 271 g/mol. The van der Waals surface area contributed by atoms with Crippen molar-refractivity contribution in [1.29, 1.82) is 0 Å². The Morgan fingerprint density at radius 1 is 1.15 bits per heavy atom. The summed E-state index contributed by atoms with van der Waals surface area (Å²) in [5.74, 6) is 1.59. The Hall–Kier alpha value is -1.94. The number of nitrogens with one attached hydrogen (secondary N) is 1. The van der Waals surface area contributed by atoms with Crippen LogP contribution in [0.25, 0.3) is 0 Å². The third kappa shape index (κ3) is 4.31. The Kier molecular flexibility index (Phi) is 4.69. The minimum absolute atomic E-state index is 0.141. The number of hydrogen-bond donors (Lipinski definition) is 2. The molecule has 0 bridgehead atoms. The van der Waals surface area contributed by atoms with Crippen molar-refractivity contribution in [2.75, 3.05) is 18.5 Å². The second kappa shape index (κ2) is 6.48. The Balaban J connectivity index is 2.01. The van der Waals surface area contributed by atoms with Crippen molar-refractivity contribution < 1.29 is 5.11 Å². The van der Waals surface area contributed by atoms with Gasteiger partial charge in [0.05, 0.1) is 0 Å². The monoisotopic (exact) mass is 271 g/mol. The van der Waals surface area contributed by atoms with Gasteiger partial charge in [-0.25, -0.2) is 9.97 Å². The van der Waals surface area contributed by atoms with E-state index in [-0.39, 0.29) is 12.0 Å². The number of benzene rings is 1. The molecule has 2 rings (SSSR count). The first-order valence-electron chi connectivity index (χ1n) is 6.80. The largest absolute Gasteiger partial charge is 0.396 e. The first kappa shape index (κ1) is 14.5. The maximum Gasteiger partial charge on any atom is 0.135 e. The molecule has 0 radical (unpaired) electrons. The number of aliphatic hydroxyl groups is 1. The normalized spacial score (nSPS) is 11.3.